The maximum Gasteiger partial charge on any atom is 0.325 e. The second-order valence-corrected chi connectivity index (χ2v) is 10.1. The molecular formula is C22H23FN4O5S. The maximum absolute atomic E-state index is 13.2. The van der Waals surface area contributed by atoms with Gasteiger partial charge in [0.1, 0.15) is 17.9 Å². The van der Waals surface area contributed by atoms with Crippen molar-refractivity contribution < 1.29 is 27.2 Å². The highest BCUT2D eigenvalue weighted by molar-refractivity contribution is 7.89. The number of anilines is 1. The second-order valence-electron chi connectivity index (χ2n) is 8.14. The smallest absolute Gasteiger partial charge is 0.324 e. The minimum absolute atomic E-state index is 0.0566. The van der Waals surface area contributed by atoms with Gasteiger partial charge < -0.3 is 10.6 Å². The summed E-state index contributed by atoms with van der Waals surface area (Å²) in [7, 11) is -3.66. The number of halogens is 1. The van der Waals surface area contributed by atoms with Crippen LogP contribution in [0.2, 0.25) is 0 Å². The van der Waals surface area contributed by atoms with E-state index in [2.05, 4.69) is 10.6 Å². The molecule has 11 heteroatoms. The van der Waals surface area contributed by atoms with Crippen LogP contribution in [-0.4, -0.2) is 55.1 Å². The highest BCUT2D eigenvalue weighted by Gasteiger charge is 2.49. The number of carbonyl (C=O) groups excluding carboxylic acids is 3. The minimum atomic E-state index is -3.66. The van der Waals surface area contributed by atoms with Crippen molar-refractivity contribution in [2.75, 3.05) is 25.0 Å². The van der Waals surface area contributed by atoms with Gasteiger partial charge >= 0.3 is 6.03 Å². The summed E-state index contributed by atoms with van der Waals surface area (Å²) in [4.78, 5) is 38.7. The zero-order chi connectivity index (χ0) is 23.8. The molecule has 0 spiro atoms. The number of hydrogen-bond donors (Lipinski definition) is 2. The zero-order valence-electron chi connectivity index (χ0n) is 17.9. The molecular weight excluding hydrogens is 451 g/mol. The van der Waals surface area contributed by atoms with E-state index in [0.29, 0.717) is 18.7 Å². The first-order valence-electron chi connectivity index (χ1n) is 10.4. The first-order chi connectivity index (χ1) is 15.6. The number of nitrogens with one attached hydrogen (secondary N) is 2. The van der Waals surface area contributed by atoms with E-state index in [0.717, 1.165) is 17.7 Å². The van der Waals surface area contributed by atoms with Gasteiger partial charge in [0.2, 0.25) is 15.9 Å². The lowest BCUT2D eigenvalue weighted by Crippen LogP contribution is -2.42. The molecule has 0 aromatic heterocycles. The van der Waals surface area contributed by atoms with E-state index in [1.54, 1.807) is 0 Å². The van der Waals surface area contributed by atoms with Crippen LogP contribution < -0.4 is 10.6 Å². The van der Waals surface area contributed by atoms with Crippen LogP contribution >= 0.6 is 0 Å². The summed E-state index contributed by atoms with van der Waals surface area (Å²) >= 11 is 0. The van der Waals surface area contributed by atoms with Gasteiger partial charge in [-0.25, -0.2) is 17.6 Å². The Kier molecular flexibility index (Phi) is 5.93. The molecule has 0 unspecified atom stereocenters. The summed E-state index contributed by atoms with van der Waals surface area (Å²) in [5.74, 6) is -1.80. The number of nitrogens with zero attached hydrogens (tertiary/aromatic N) is 2. The predicted molar refractivity (Wildman–Crippen MR) is 117 cm³/mol. The molecule has 2 heterocycles. The summed E-state index contributed by atoms with van der Waals surface area (Å²) in [6, 6.07) is 10.2. The molecule has 2 saturated heterocycles. The van der Waals surface area contributed by atoms with Crippen molar-refractivity contribution in [3.63, 3.8) is 0 Å². The highest BCUT2D eigenvalue weighted by atomic mass is 32.2. The van der Waals surface area contributed by atoms with E-state index in [1.165, 1.54) is 59.8 Å². The van der Waals surface area contributed by atoms with Crippen LogP contribution in [0.4, 0.5) is 14.9 Å². The van der Waals surface area contributed by atoms with Crippen molar-refractivity contribution >= 4 is 33.6 Å². The molecule has 2 aliphatic rings. The molecule has 1 atom stereocenters. The summed E-state index contributed by atoms with van der Waals surface area (Å²) in [6.07, 6.45) is 1.61. The van der Waals surface area contributed by atoms with Gasteiger partial charge in [-0.05, 0) is 55.7 Å². The normalized spacial score (nSPS) is 21.3. The Hall–Kier alpha value is -3.31. The fourth-order valence-electron chi connectivity index (χ4n) is 3.98. The number of rotatable bonds is 6. The standard InChI is InChI=1S/C22H23FN4O5S/c1-22(15-7-9-16(23)10-8-15)20(29)27(21(30)25-22)14-19(28)24-17-5-4-6-18(13-17)33(31,32)26-11-2-3-12-26/h4-10,13H,2-3,11-12,14H2,1H3,(H,24,28)(H,25,30)/t22-/m0/s1. The molecule has 174 valence electrons. The van der Waals surface area contributed by atoms with Gasteiger partial charge in [0.15, 0.2) is 0 Å². The number of hydrogen-bond acceptors (Lipinski definition) is 5. The predicted octanol–water partition coefficient (Wildman–Crippen LogP) is 2.02. The molecule has 0 saturated carbocycles. The second kappa shape index (κ2) is 8.56. The van der Waals surface area contributed by atoms with Gasteiger partial charge in [0.25, 0.3) is 5.91 Å². The van der Waals surface area contributed by atoms with Gasteiger partial charge in [-0.15, -0.1) is 0 Å². The number of imide groups is 1. The molecule has 0 bridgehead atoms. The lowest BCUT2D eigenvalue weighted by Gasteiger charge is -2.22. The summed E-state index contributed by atoms with van der Waals surface area (Å²) in [5.41, 5.74) is -0.826. The van der Waals surface area contributed by atoms with Crippen LogP contribution in [0.25, 0.3) is 0 Å². The highest BCUT2D eigenvalue weighted by Crippen LogP contribution is 2.29. The lowest BCUT2D eigenvalue weighted by molar-refractivity contribution is -0.133. The number of urea groups is 1. The fourth-order valence-corrected chi connectivity index (χ4v) is 5.54. The Bertz CT molecular complexity index is 1210. The third kappa shape index (κ3) is 4.33. The molecule has 2 aromatic carbocycles. The fraction of sp³-hybridized carbons (Fsp3) is 0.318. The first-order valence-corrected chi connectivity index (χ1v) is 11.9. The maximum atomic E-state index is 13.2. The Morgan fingerprint density at radius 1 is 1.12 bits per heavy atom. The Morgan fingerprint density at radius 2 is 1.79 bits per heavy atom. The lowest BCUT2D eigenvalue weighted by atomic mass is 9.92. The number of carbonyl (C=O) groups is 3. The van der Waals surface area contributed by atoms with Gasteiger partial charge in [-0.2, -0.15) is 4.31 Å². The SMILES string of the molecule is C[C@@]1(c2ccc(F)cc2)NC(=O)N(CC(=O)Nc2cccc(S(=O)(=O)N3CCCC3)c2)C1=O. The van der Waals surface area contributed by atoms with Gasteiger partial charge in [0.05, 0.1) is 4.90 Å². The van der Waals surface area contributed by atoms with E-state index in [4.69, 9.17) is 0 Å². The number of benzene rings is 2. The van der Waals surface area contributed by atoms with Crippen LogP contribution in [0.1, 0.15) is 25.3 Å². The van der Waals surface area contributed by atoms with E-state index in [-0.39, 0.29) is 10.6 Å². The van der Waals surface area contributed by atoms with Gasteiger partial charge in [-0.1, -0.05) is 18.2 Å². The average Bonchev–Trinajstić information content (AvgIpc) is 3.39. The van der Waals surface area contributed by atoms with E-state index < -0.39 is 45.8 Å². The largest absolute Gasteiger partial charge is 0.325 e. The van der Waals surface area contributed by atoms with E-state index in [1.807, 2.05) is 0 Å². The van der Waals surface area contributed by atoms with Crippen molar-refractivity contribution in [3.8, 4) is 0 Å². The molecule has 2 fully saturated rings. The molecule has 4 amide bonds. The third-order valence-electron chi connectivity index (χ3n) is 5.82. The van der Waals surface area contributed by atoms with E-state index >= 15 is 0 Å². The molecule has 9 nitrogen and oxygen atoms in total. The van der Waals surface area contributed by atoms with Crippen molar-refractivity contribution in [1.29, 1.82) is 0 Å². The van der Waals surface area contributed by atoms with Crippen molar-refractivity contribution in [2.24, 2.45) is 0 Å². The van der Waals surface area contributed by atoms with E-state index in [9.17, 15) is 27.2 Å². The minimum Gasteiger partial charge on any atom is -0.324 e. The molecule has 2 aromatic rings. The number of amides is 4. The Balaban J connectivity index is 1.46. The molecule has 0 radical (unpaired) electrons. The summed E-state index contributed by atoms with van der Waals surface area (Å²) < 4.78 is 40.1. The third-order valence-corrected chi connectivity index (χ3v) is 7.71. The quantitative estimate of drug-likeness (QED) is 0.622. The van der Waals surface area contributed by atoms with Crippen LogP contribution in [0.15, 0.2) is 53.4 Å². The van der Waals surface area contributed by atoms with Crippen molar-refractivity contribution in [1.82, 2.24) is 14.5 Å². The van der Waals surface area contributed by atoms with Crippen LogP contribution in [-0.2, 0) is 25.2 Å². The van der Waals surface area contributed by atoms with Crippen LogP contribution in [0.3, 0.4) is 0 Å². The van der Waals surface area contributed by atoms with Crippen molar-refractivity contribution in [2.45, 2.75) is 30.2 Å². The molecule has 33 heavy (non-hydrogen) atoms. The molecule has 2 N–H and O–H groups in total. The average molecular weight is 475 g/mol. The summed E-state index contributed by atoms with van der Waals surface area (Å²) in [6.45, 7) is 1.82. The van der Waals surface area contributed by atoms with Crippen LogP contribution in [0, 0.1) is 5.82 Å². The van der Waals surface area contributed by atoms with Crippen molar-refractivity contribution in [3.05, 3.63) is 59.9 Å². The molecule has 0 aliphatic carbocycles. The zero-order valence-corrected chi connectivity index (χ0v) is 18.7. The topological polar surface area (TPSA) is 116 Å². The summed E-state index contributed by atoms with van der Waals surface area (Å²) in [5, 5.41) is 5.09. The first kappa shape index (κ1) is 22.9. The van der Waals surface area contributed by atoms with Crippen LogP contribution in [0.5, 0.6) is 0 Å². The Labute approximate surface area is 190 Å². The molecule has 4 rings (SSSR count). The van der Waals surface area contributed by atoms with Gasteiger partial charge in [0, 0.05) is 18.8 Å². The monoisotopic (exact) mass is 474 g/mol. The van der Waals surface area contributed by atoms with Gasteiger partial charge in [-0.3, -0.25) is 14.5 Å². The molecule has 2 aliphatic heterocycles. The number of sulfonamides is 1. The Morgan fingerprint density at radius 3 is 2.45 bits per heavy atom.